The first-order valence-corrected chi connectivity index (χ1v) is 15.0. The Hall–Kier alpha value is -3.72. The second-order valence-electron chi connectivity index (χ2n) is 10.6. The molecule has 15 heteroatoms. The van der Waals surface area contributed by atoms with Gasteiger partial charge in [-0.3, -0.25) is 14.8 Å². The molecule has 0 saturated heterocycles. The summed E-state index contributed by atoms with van der Waals surface area (Å²) < 4.78 is 105. The van der Waals surface area contributed by atoms with Crippen molar-refractivity contribution in [2.24, 2.45) is 0 Å². The van der Waals surface area contributed by atoms with Gasteiger partial charge in [0.05, 0.1) is 12.0 Å². The maximum atomic E-state index is 13.3. The lowest BCUT2D eigenvalue weighted by Crippen LogP contribution is -2.26. The van der Waals surface area contributed by atoms with E-state index in [4.69, 9.17) is 4.74 Å². The first-order chi connectivity index (χ1) is 20.1. The van der Waals surface area contributed by atoms with Gasteiger partial charge in [0.2, 0.25) is 0 Å². The molecule has 0 bridgehead atoms. The van der Waals surface area contributed by atoms with Crippen LogP contribution in [0.2, 0.25) is 0 Å². The van der Waals surface area contributed by atoms with Crippen LogP contribution >= 0.6 is 0 Å². The number of rotatable bonds is 4. The van der Waals surface area contributed by atoms with Crippen molar-refractivity contribution in [2.45, 2.75) is 62.2 Å². The lowest BCUT2D eigenvalue weighted by molar-refractivity contribution is -0.142. The highest BCUT2D eigenvalue weighted by molar-refractivity contribution is 7.90. The summed E-state index contributed by atoms with van der Waals surface area (Å²) in [7, 11) is -2.18. The summed E-state index contributed by atoms with van der Waals surface area (Å²) in [4.78, 5) is 21.5. The third-order valence-electron chi connectivity index (χ3n) is 7.37. The van der Waals surface area contributed by atoms with Gasteiger partial charge < -0.3 is 15.0 Å². The van der Waals surface area contributed by atoms with Crippen LogP contribution in [0.5, 0.6) is 5.75 Å². The molecule has 0 atom stereocenters. The molecule has 3 aliphatic rings. The van der Waals surface area contributed by atoms with Crippen molar-refractivity contribution in [1.82, 2.24) is 20.2 Å². The number of pyridine rings is 2. The monoisotopic (exact) mass is 628 g/mol. The summed E-state index contributed by atoms with van der Waals surface area (Å²) in [6.07, 6.45) is -3.72. The van der Waals surface area contributed by atoms with E-state index in [1.807, 2.05) is 0 Å². The number of alkyl halides is 6. The van der Waals surface area contributed by atoms with Gasteiger partial charge in [0.15, 0.2) is 9.84 Å². The summed E-state index contributed by atoms with van der Waals surface area (Å²) in [5.74, 6) is -0.0112. The lowest BCUT2D eigenvalue weighted by atomic mass is 10.0. The number of nitrogens with one attached hydrogen (secondary N) is 1. The first-order valence-electron chi connectivity index (χ1n) is 13.1. The summed E-state index contributed by atoms with van der Waals surface area (Å²) >= 11 is 0. The number of carbonyl (C=O) groups excluding carboxylic acids is 1. The van der Waals surface area contributed by atoms with E-state index >= 15 is 0 Å². The number of sulfone groups is 1. The van der Waals surface area contributed by atoms with E-state index in [0.29, 0.717) is 41.1 Å². The number of aromatic nitrogens is 2. The van der Waals surface area contributed by atoms with Crippen LogP contribution in [0.15, 0.2) is 41.6 Å². The molecule has 3 aromatic rings. The Morgan fingerprint density at radius 2 is 1.44 bits per heavy atom. The Balaban J connectivity index is 0.000000235. The lowest BCUT2D eigenvalue weighted by Gasteiger charge is -2.20. The number of methoxy groups -OCH3 is 1. The minimum absolute atomic E-state index is 0.00467. The van der Waals surface area contributed by atoms with Crippen LogP contribution in [-0.4, -0.2) is 42.6 Å². The molecule has 1 fully saturated rings. The third-order valence-corrected chi connectivity index (χ3v) is 8.46. The molecule has 8 nitrogen and oxygen atoms in total. The SMILES string of the molecule is COc1cc(S(C)(=O)=O)cc(C(=O)N2Cc3cnc(C(F)(F)F)cc3C2)c1C1CC1.FC(F)(F)c1cc2c(cn1)CNC2. The van der Waals surface area contributed by atoms with E-state index < -0.39 is 39.5 Å². The third kappa shape index (κ3) is 6.61. The highest BCUT2D eigenvalue weighted by Crippen LogP contribution is 2.47. The minimum atomic E-state index is -4.57. The number of benzene rings is 1. The van der Waals surface area contributed by atoms with Crippen LogP contribution in [0.3, 0.4) is 0 Å². The fourth-order valence-corrected chi connectivity index (χ4v) is 5.69. The van der Waals surface area contributed by atoms with Gasteiger partial charge in [0.1, 0.15) is 17.1 Å². The molecule has 230 valence electrons. The van der Waals surface area contributed by atoms with Crippen LogP contribution in [0.25, 0.3) is 0 Å². The molecule has 4 heterocycles. The molecule has 1 amide bonds. The van der Waals surface area contributed by atoms with Crippen molar-refractivity contribution in [3.05, 3.63) is 81.4 Å². The van der Waals surface area contributed by atoms with Crippen LogP contribution in [-0.2, 0) is 48.4 Å². The minimum Gasteiger partial charge on any atom is -0.496 e. The average molecular weight is 629 g/mol. The molecule has 0 radical (unpaired) electrons. The Labute approximate surface area is 243 Å². The molecule has 2 aliphatic heterocycles. The Bertz CT molecular complexity index is 1690. The molecule has 1 N–H and O–H groups in total. The number of halogens is 6. The van der Waals surface area contributed by atoms with Gasteiger partial charge in [0.25, 0.3) is 5.91 Å². The zero-order chi connectivity index (χ0) is 31.3. The van der Waals surface area contributed by atoms with E-state index in [1.54, 1.807) is 0 Å². The quantitative estimate of drug-likeness (QED) is 0.394. The number of hydrogen-bond acceptors (Lipinski definition) is 7. The molecule has 0 unspecified atom stereocenters. The average Bonchev–Trinajstić information content (AvgIpc) is 3.49. The van der Waals surface area contributed by atoms with E-state index in [0.717, 1.165) is 43.0 Å². The maximum absolute atomic E-state index is 13.3. The molecule has 1 saturated carbocycles. The molecule has 6 rings (SSSR count). The molecule has 0 spiro atoms. The van der Waals surface area contributed by atoms with Gasteiger partial charge in [-0.2, -0.15) is 26.3 Å². The fourth-order valence-electron chi connectivity index (χ4n) is 5.04. The number of carbonyl (C=O) groups is 1. The van der Waals surface area contributed by atoms with Gasteiger partial charge in [-0.15, -0.1) is 0 Å². The molecular weight excluding hydrogens is 602 g/mol. The van der Waals surface area contributed by atoms with E-state index in [2.05, 4.69) is 15.3 Å². The van der Waals surface area contributed by atoms with Crippen molar-refractivity contribution in [2.75, 3.05) is 13.4 Å². The standard InChI is InChI=1S/C20H19F3N2O4S.C8H7F3N2/c1-29-16-7-14(30(2,27)28)6-15(18(16)11-3-4-11)19(26)25-9-12-5-17(20(21,22)23)24-8-13(12)10-25;9-8(10,11)7-1-5-2-12-3-6(5)4-13-7/h5-8,11H,3-4,9-10H2,1-2H3;1,4,12H,2-3H2. The number of hydrogen-bond donors (Lipinski definition) is 1. The van der Waals surface area contributed by atoms with Crippen molar-refractivity contribution in [1.29, 1.82) is 0 Å². The van der Waals surface area contributed by atoms with Gasteiger partial charge in [-0.25, -0.2) is 8.42 Å². The zero-order valence-corrected chi connectivity index (χ0v) is 23.8. The van der Waals surface area contributed by atoms with Crippen LogP contribution in [0.4, 0.5) is 26.3 Å². The number of fused-ring (bicyclic) bond motifs is 2. The molecular formula is C28H26F6N4O4S. The van der Waals surface area contributed by atoms with Crippen molar-refractivity contribution in [3.8, 4) is 5.75 Å². The van der Waals surface area contributed by atoms with Crippen LogP contribution < -0.4 is 10.1 Å². The number of ether oxygens (including phenoxy) is 1. The summed E-state index contributed by atoms with van der Waals surface area (Å²) in [5.41, 5.74) is 1.52. The highest BCUT2D eigenvalue weighted by Gasteiger charge is 2.38. The van der Waals surface area contributed by atoms with E-state index in [1.165, 1.54) is 30.3 Å². The second-order valence-corrected chi connectivity index (χ2v) is 12.6. The molecule has 43 heavy (non-hydrogen) atoms. The highest BCUT2D eigenvalue weighted by atomic mass is 32.2. The van der Waals surface area contributed by atoms with Crippen molar-refractivity contribution >= 4 is 15.7 Å². The Morgan fingerprint density at radius 3 is 2.00 bits per heavy atom. The summed E-state index contributed by atoms with van der Waals surface area (Å²) in [5, 5.41) is 2.96. The first kappa shape index (κ1) is 30.7. The summed E-state index contributed by atoms with van der Waals surface area (Å²) in [6, 6.07) is 4.82. The Morgan fingerprint density at radius 1 is 0.884 bits per heavy atom. The number of nitrogens with zero attached hydrogens (tertiary/aromatic N) is 3. The van der Waals surface area contributed by atoms with Gasteiger partial charge in [0, 0.05) is 56.0 Å². The molecule has 2 aromatic heterocycles. The predicted octanol–water partition coefficient (Wildman–Crippen LogP) is 5.25. The van der Waals surface area contributed by atoms with Crippen molar-refractivity contribution < 1.29 is 44.3 Å². The predicted molar refractivity (Wildman–Crippen MR) is 141 cm³/mol. The number of amides is 1. The van der Waals surface area contributed by atoms with E-state index in [9.17, 15) is 39.6 Å². The zero-order valence-electron chi connectivity index (χ0n) is 22.9. The molecule has 1 aromatic carbocycles. The van der Waals surface area contributed by atoms with Crippen molar-refractivity contribution in [3.63, 3.8) is 0 Å². The second kappa shape index (κ2) is 11.1. The normalized spacial score (nSPS) is 16.3. The van der Waals surface area contributed by atoms with E-state index in [-0.39, 0.29) is 29.5 Å². The van der Waals surface area contributed by atoms with Crippen LogP contribution in [0, 0.1) is 0 Å². The Kier molecular flexibility index (Phi) is 7.92. The largest absolute Gasteiger partial charge is 0.496 e. The van der Waals surface area contributed by atoms with Gasteiger partial charge >= 0.3 is 12.4 Å². The fraction of sp³-hybridized carbons (Fsp3) is 0.393. The van der Waals surface area contributed by atoms with Gasteiger partial charge in [-0.05, 0) is 65.3 Å². The summed E-state index contributed by atoms with van der Waals surface area (Å²) in [6.45, 7) is 1.21. The van der Waals surface area contributed by atoms with Crippen LogP contribution in [0.1, 0.15) is 68.3 Å². The maximum Gasteiger partial charge on any atom is 0.433 e. The molecule has 1 aliphatic carbocycles. The topological polar surface area (TPSA) is 101 Å². The smallest absolute Gasteiger partial charge is 0.433 e. The van der Waals surface area contributed by atoms with Gasteiger partial charge in [-0.1, -0.05) is 0 Å².